The molecule has 0 bridgehead atoms. The molecular weight excluding hydrogens is 567 g/mol. The Bertz CT molecular complexity index is 1600. The van der Waals surface area contributed by atoms with Gasteiger partial charge in [-0.3, -0.25) is 9.78 Å². The number of carbonyl (C=O) groups is 1. The number of sulfonamides is 1. The highest BCUT2D eigenvalue weighted by atomic mass is 35.5. The number of aromatic nitrogens is 1. The molecule has 0 aliphatic carbocycles. The summed E-state index contributed by atoms with van der Waals surface area (Å²) in [7, 11) is -3.97. The summed E-state index contributed by atoms with van der Waals surface area (Å²) >= 11 is 12.1. The number of hydrogen-bond acceptors (Lipinski definition) is 5. The molecule has 10 heteroatoms. The van der Waals surface area contributed by atoms with Crippen LogP contribution in [0.2, 0.25) is 10.0 Å². The first-order chi connectivity index (χ1) is 19.0. The average molecular weight is 600 g/mol. The Labute approximate surface area is 245 Å². The fourth-order valence-corrected chi connectivity index (χ4v) is 6.84. The van der Waals surface area contributed by atoms with Crippen LogP contribution in [0, 0.1) is 20.8 Å². The summed E-state index contributed by atoms with van der Waals surface area (Å²) in [5.41, 5.74) is 4.74. The minimum Gasteiger partial charge on any atom is -0.384 e. The second-order valence-electron chi connectivity index (χ2n) is 9.78. The highest BCUT2D eigenvalue weighted by Gasteiger charge is 2.30. The van der Waals surface area contributed by atoms with E-state index < -0.39 is 10.0 Å². The number of pyridine rings is 1. The molecule has 1 amide bonds. The van der Waals surface area contributed by atoms with Gasteiger partial charge in [-0.25, -0.2) is 8.42 Å². The lowest BCUT2D eigenvalue weighted by atomic mass is 10.1. The predicted molar refractivity (Wildman–Crippen MR) is 163 cm³/mol. The number of amides is 1. The largest absolute Gasteiger partial charge is 0.384 e. The highest BCUT2D eigenvalue weighted by molar-refractivity contribution is 7.89. The molecule has 3 aromatic carbocycles. The number of benzene rings is 3. The van der Waals surface area contributed by atoms with Gasteiger partial charge in [0.15, 0.2) is 0 Å². The van der Waals surface area contributed by atoms with Gasteiger partial charge in [0.05, 0.1) is 17.0 Å². The topological polar surface area (TPSA) is 91.4 Å². The molecule has 0 saturated carbocycles. The van der Waals surface area contributed by atoms with Crippen molar-refractivity contribution in [1.82, 2.24) is 14.6 Å². The van der Waals surface area contributed by atoms with Crippen molar-refractivity contribution in [1.29, 1.82) is 0 Å². The van der Waals surface area contributed by atoms with Crippen LogP contribution < -0.4 is 10.6 Å². The van der Waals surface area contributed by atoms with Crippen molar-refractivity contribution in [2.24, 2.45) is 0 Å². The minimum atomic E-state index is -3.97. The Balaban J connectivity index is 1.41. The zero-order chi connectivity index (χ0) is 28.9. The van der Waals surface area contributed by atoms with Crippen molar-refractivity contribution in [3.63, 3.8) is 0 Å². The third kappa shape index (κ3) is 7.31. The van der Waals surface area contributed by atoms with Crippen LogP contribution in [0.3, 0.4) is 0 Å². The first-order valence-electron chi connectivity index (χ1n) is 12.9. The molecule has 2 N–H and O–H groups in total. The molecule has 1 aromatic heterocycles. The molecule has 0 spiro atoms. The number of carbonyl (C=O) groups excluding carboxylic acids is 1. The van der Waals surface area contributed by atoms with E-state index in [1.165, 1.54) is 4.31 Å². The SMILES string of the molecule is Cc1cc(C)c(S(=O)(=O)N(CC(=O)NCCCNc2ccnc3cc(Cl)ccc23)Cc2ccc(Cl)cc2)c(C)c1. The van der Waals surface area contributed by atoms with Gasteiger partial charge in [0, 0.05) is 46.9 Å². The van der Waals surface area contributed by atoms with E-state index in [-0.39, 0.29) is 23.9 Å². The zero-order valence-corrected chi connectivity index (χ0v) is 25.0. The first kappa shape index (κ1) is 29.8. The number of halogens is 2. The Morgan fingerprint density at radius 3 is 2.27 bits per heavy atom. The molecule has 7 nitrogen and oxygen atoms in total. The zero-order valence-electron chi connectivity index (χ0n) is 22.7. The van der Waals surface area contributed by atoms with E-state index in [0.717, 1.165) is 27.7 Å². The van der Waals surface area contributed by atoms with Crippen LogP contribution >= 0.6 is 23.2 Å². The number of hydrogen-bond donors (Lipinski definition) is 2. The van der Waals surface area contributed by atoms with Crippen molar-refractivity contribution in [3.05, 3.63) is 99.2 Å². The third-order valence-electron chi connectivity index (χ3n) is 6.49. The summed E-state index contributed by atoms with van der Waals surface area (Å²) in [5, 5.41) is 8.37. The summed E-state index contributed by atoms with van der Waals surface area (Å²) in [4.78, 5) is 17.5. The molecule has 0 atom stereocenters. The van der Waals surface area contributed by atoms with Crippen molar-refractivity contribution in [2.45, 2.75) is 38.6 Å². The van der Waals surface area contributed by atoms with E-state index >= 15 is 0 Å². The van der Waals surface area contributed by atoms with Crippen molar-refractivity contribution >= 4 is 55.7 Å². The average Bonchev–Trinajstić information content (AvgIpc) is 2.88. The monoisotopic (exact) mass is 598 g/mol. The molecule has 4 rings (SSSR count). The maximum absolute atomic E-state index is 13.8. The van der Waals surface area contributed by atoms with Gasteiger partial charge in [-0.1, -0.05) is 53.0 Å². The molecule has 40 heavy (non-hydrogen) atoms. The number of nitrogens with one attached hydrogen (secondary N) is 2. The van der Waals surface area contributed by atoms with E-state index in [1.54, 1.807) is 44.3 Å². The molecule has 0 unspecified atom stereocenters. The van der Waals surface area contributed by atoms with Gasteiger partial charge in [-0.05, 0) is 80.3 Å². The van der Waals surface area contributed by atoms with Gasteiger partial charge in [0.25, 0.3) is 0 Å². The van der Waals surface area contributed by atoms with E-state index in [2.05, 4.69) is 15.6 Å². The molecular formula is C30H32Cl2N4O3S. The molecule has 1 heterocycles. The van der Waals surface area contributed by atoms with Crippen LogP contribution in [-0.2, 0) is 21.4 Å². The number of aryl methyl sites for hydroxylation is 3. The fraction of sp³-hybridized carbons (Fsp3) is 0.267. The Hall–Kier alpha value is -3.17. The van der Waals surface area contributed by atoms with Crippen LogP contribution in [0.1, 0.15) is 28.7 Å². The van der Waals surface area contributed by atoms with Gasteiger partial charge in [0.1, 0.15) is 0 Å². The highest BCUT2D eigenvalue weighted by Crippen LogP contribution is 2.27. The lowest BCUT2D eigenvalue weighted by Crippen LogP contribution is -2.41. The standard InChI is InChI=1S/C30H32Cl2N4O3S/c1-20-15-21(2)30(22(3)16-20)40(38,39)36(18-23-5-7-24(31)8-6-23)19-29(37)35-13-4-12-33-27-11-14-34-28-17-25(32)9-10-26(27)28/h5-11,14-17H,4,12-13,18-19H2,1-3H3,(H,33,34)(H,35,37). The van der Waals surface area contributed by atoms with Crippen LogP contribution in [-0.4, -0.2) is 43.2 Å². The van der Waals surface area contributed by atoms with Crippen LogP contribution in [0.15, 0.2) is 71.8 Å². The molecule has 0 radical (unpaired) electrons. The normalized spacial score (nSPS) is 11.7. The Morgan fingerprint density at radius 1 is 0.900 bits per heavy atom. The summed E-state index contributed by atoms with van der Waals surface area (Å²) in [5.74, 6) is -0.371. The first-order valence-corrected chi connectivity index (χ1v) is 15.1. The van der Waals surface area contributed by atoms with Crippen molar-refractivity contribution in [2.75, 3.05) is 25.0 Å². The number of anilines is 1. The molecule has 0 aliphatic heterocycles. The summed E-state index contributed by atoms with van der Waals surface area (Å²) < 4.78 is 28.9. The van der Waals surface area contributed by atoms with Crippen LogP contribution in [0.4, 0.5) is 5.69 Å². The number of nitrogens with zero attached hydrogens (tertiary/aromatic N) is 2. The quantitative estimate of drug-likeness (QED) is 0.198. The van der Waals surface area contributed by atoms with Gasteiger partial charge in [-0.15, -0.1) is 0 Å². The van der Waals surface area contributed by atoms with E-state index in [1.807, 2.05) is 43.3 Å². The predicted octanol–water partition coefficient (Wildman–Crippen LogP) is 6.28. The van der Waals surface area contributed by atoms with E-state index in [4.69, 9.17) is 23.2 Å². The molecule has 0 fully saturated rings. The summed E-state index contributed by atoms with van der Waals surface area (Å²) in [6, 6.07) is 18.1. The Kier molecular flexibility index (Phi) is 9.68. The molecule has 4 aromatic rings. The van der Waals surface area contributed by atoms with Crippen LogP contribution in [0.5, 0.6) is 0 Å². The second-order valence-corrected chi connectivity index (χ2v) is 12.5. The van der Waals surface area contributed by atoms with Crippen molar-refractivity contribution in [3.8, 4) is 0 Å². The number of rotatable bonds is 11. The summed E-state index contributed by atoms with van der Waals surface area (Å²) in [6.45, 7) is 6.22. The maximum Gasteiger partial charge on any atom is 0.244 e. The second kappa shape index (κ2) is 13.0. The molecule has 210 valence electrons. The van der Waals surface area contributed by atoms with Gasteiger partial charge >= 0.3 is 0 Å². The minimum absolute atomic E-state index is 0.0420. The van der Waals surface area contributed by atoms with Gasteiger partial charge < -0.3 is 10.6 Å². The number of fused-ring (bicyclic) bond motifs is 1. The summed E-state index contributed by atoms with van der Waals surface area (Å²) in [6.07, 6.45) is 2.36. The van der Waals surface area contributed by atoms with Crippen LogP contribution in [0.25, 0.3) is 10.9 Å². The Morgan fingerprint density at radius 2 is 1.57 bits per heavy atom. The maximum atomic E-state index is 13.8. The van der Waals surface area contributed by atoms with Gasteiger partial charge in [-0.2, -0.15) is 4.31 Å². The van der Waals surface area contributed by atoms with Crippen molar-refractivity contribution < 1.29 is 13.2 Å². The lowest BCUT2D eigenvalue weighted by molar-refractivity contribution is -0.121. The van der Waals surface area contributed by atoms with E-state index in [9.17, 15) is 13.2 Å². The smallest absolute Gasteiger partial charge is 0.244 e. The lowest BCUT2D eigenvalue weighted by Gasteiger charge is -2.24. The third-order valence-corrected chi connectivity index (χ3v) is 9.08. The van der Waals surface area contributed by atoms with Gasteiger partial charge in [0.2, 0.25) is 15.9 Å². The fourth-order valence-electron chi connectivity index (χ4n) is 4.75. The van der Waals surface area contributed by atoms with E-state index in [0.29, 0.717) is 40.7 Å². The molecule has 0 saturated heterocycles. The molecule has 0 aliphatic rings.